The summed E-state index contributed by atoms with van der Waals surface area (Å²) in [6.07, 6.45) is 0.945. The molecule has 1 aromatic heterocycles. The number of alkyl halides is 1. The Labute approximate surface area is 96.4 Å². The third-order valence-electron chi connectivity index (χ3n) is 1.97. The lowest BCUT2D eigenvalue weighted by atomic mass is 10.1. The molecule has 1 heterocycles. The average molecular weight is 299 g/mol. The van der Waals surface area contributed by atoms with Crippen molar-refractivity contribution in [1.29, 1.82) is 0 Å². The summed E-state index contributed by atoms with van der Waals surface area (Å²) < 4.78 is 6.26. The van der Waals surface area contributed by atoms with Crippen LogP contribution in [-0.2, 0) is 6.42 Å². The third kappa shape index (κ3) is 2.15. The van der Waals surface area contributed by atoms with Crippen molar-refractivity contribution in [3.8, 4) is 11.3 Å². The first kappa shape index (κ1) is 9.71. The van der Waals surface area contributed by atoms with Crippen molar-refractivity contribution in [2.75, 3.05) is 4.43 Å². The van der Waals surface area contributed by atoms with Crippen LogP contribution in [0.5, 0.6) is 0 Å². The van der Waals surface area contributed by atoms with Gasteiger partial charge < -0.3 is 4.52 Å². The van der Waals surface area contributed by atoms with Crippen molar-refractivity contribution in [1.82, 2.24) is 5.16 Å². The van der Waals surface area contributed by atoms with Crippen LogP contribution in [0, 0.1) is 0 Å². The Balaban J connectivity index is 2.25. The van der Waals surface area contributed by atoms with Crippen molar-refractivity contribution in [3.05, 3.63) is 42.2 Å². The molecule has 0 N–H and O–H groups in total. The fraction of sp³-hybridized carbons (Fsp3) is 0.182. The topological polar surface area (TPSA) is 26.0 Å². The van der Waals surface area contributed by atoms with E-state index in [9.17, 15) is 0 Å². The maximum absolute atomic E-state index is 5.20. The van der Waals surface area contributed by atoms with Gasteiger partial charge in [0.15, 0.2) is 0 Å². The number of rotatable bonds is 3. The van der Waals surface area contributed by atoms with Gasteiger partial charge in [-0.05, 0) is 0 Å². The normalized spacial score (nSPS) is 10.4. The summed E-state index contributed by atoms with van der Waals surface area (Å²) in [5.41, 5.74) is 2.03. The quantitative estimate of drug-likeness (QED) is 0.642. The van der Waals surface area contributed by atoms with Gasteiger partial charge in [0.2, 0.25) is 0 Å². The zero-order valence-corrected chi connectivity index (χ0v) is 9.77. The van der Waals surface area contributed by atoms with E-state index in [4.69, 9.17) is 4.52 Å². The van der Waals surface area contributed by atoms with Gasteiger partial charge in [0.25, 0.3) is 0 Å². The summed E-state index contributed by atoms with van der Waals surface area (Å²) in [6.45, 7) is 0. The average Bonchev–Trinajstić information content (AvgIpc) is 2.68. The minimum Gasteiger partial charge on any atom is -0.361 e. The summed E-state index contributed by atoms with van der Waals surface area (Å²) >= 11 is 2.33. The fourth-order valence-electron chi connectivity index (χ4n) is 1.27. The van der Waals surface area contributed by atoms with E-state index in [1.54, 1.807) is 0 Å². The highest BCUT2D eigenvalue weighted by Crippen LogP contribution is 2.18. The second-order valence-corrected chi connectivity index (χ2v) is 4.06. The summed E-state index contributed by atoms with van der Waals surface area (Å²) in [6, 6.07) is 12.1. The lowest BCUT2D eigenvalue weighted by Crippen LogP contribution is -1.79. The molecule has 0 fully saturated rings. The second-order valence-electron chi connectivity index (χ2n) is 2.98. The van der Waals surface area contributed by atoms with E-state index in [2.05, 4.69) is 27.7 Å². The summed E-state index contributed by atoms with van der Waals surface area (Å²) in [7, 11) is 0. The SMILES string of the molecule is ICCc1cc(-c2ccccc2)no1. The molecule has 0 saturated carbocycles. The van der Waals surface area contributed by atoms with Gasteiger partial charge in [0.1, 0.15) is 11.5 Å². The molecule has 0 bridgehead atoms. The first-order chi connectivity index (χ1) is 6.90. The Morgan fingerprint density at radius 2 is 2.00 bits per heavy atom. The smallest absolute Gasteiger partial charge is 0.138 e. The number of nitrogens with zero attached hydrogens (tertiary/aromatic N) is 1. The van der Waals surface area contributed by atoms with Crippen molar-refractivity contribution in [3.63, 3.8) is 0 Å². The van der Waals surface area contributed by atoms with Gasteiger partial charge in [-0.1, -0.05) is 58.1 Å². The molecule has 0 radical (unpaired) electrons. The van der Waals surface area contributed by atoms with Gasteiger partial charge in [-0.15, -0.1) is 0 Å². The monoisotopic (exact) mass is 299 g/mol. The van der Waals surface area contributed by atoms with Gasteiger partial charge in [0.05, 0.1) is 0 Å². The number of hydrogen-bond acceptors (Lipinski definition) is 2. The summed E-state index contributed by atoms with van der Waals surface area (Å²) in [4.78, 5) is 0. The highest BCUT2D eigenvalue weighted by molar-refractivity contribution is 14.1. The van der Waals surface area contributed by atoms with Crippen molar-refractivity contribution in [2.45, 2.75) is 6.42 Å². The predicted molar refractivity (Wildman–Crippen MR) is 64.5 cm³/mol. The van der Waals surface area contributed by atoms with Crippen LogP contribution in [0.15, 0.2) is 40.9 Å². The second kappa shape index (κ2) is 4.59. The van der Waals surface area contributed by atoms with Crippen LogP contribution in [0.3, 0.4) is 0 Å². The lowest BCUT2D eigenvalue weighted by molar-refractivity contribution is 0.390. The Kier molecular flexibility index (Phi) is 3.18. The number of aromatic nitrogens is 1. The lowest BCUT2D eigenvalue weighted by Gasteiger charge is -1.91. The predicted octanol–water partition coefficient (Wildman–Crippen LogP) is 3.32. The molecule has 2 rings (SSSR count). The maximum Gasteiger partial charge on any atom is 0.138 e. The van der Waals surface area contributed by atoms with E-state index >= 15 is 0 Å². The Bertz CT molecular complexity index is 397. The molecule has 2 nitrogen and oxygen atoms in total. The van der Waals surface area contributed by atoms with E-state index in [0.29, 0.717) is 0 Å². The van der Waals surface area contributed by atoms with E-state index in [1.165, 1.54) is 0 Å². The summed E-state index contributed by atoms with van der Waals surface area (Å²) in [5, 5.41) is 4.03. The van der Waals surface area contributed by atoms with Crippen LogP contribution in [0.4, 0.5) is 0 Å². The first-order valence-electron chi connectivity index (χ1n) is 4.47. The summed E-state index contributed by atoms with van der Waals surface area (Å²) in [5.74, 6) is 0.957. The zero-order valence-electron chi connectivity index (χ0n) is 7.61. The molecule has 0 saturated heterocycles. The minimum absolute atomic E-state index is 0.922. The van der Waals surface area contributed by atoms with Crippen LogP contribution in [-0.4, -0.2) is 9.58 Å². The molecule has 0 aliphatic rings. The Hall–Kier alpha value is -0.840. The maximum atomic E-state index is 5.20. The highest BCUT2D eigenvalue weighted by atomic mass is 127. The van der Waals surface area contributed by atoms with E-state index < -0.39 is 0 Å². The number of hydrogen-bond donors (Lipinski definition) is 0. The van der Waals surface area contributed by atoms with Crippen LogP contribution < -0.4 is 0 Å². The minimum atomic E-state index is 0.922. The van der Waals surface area contributed by atoms with Crippen molar-refractivity contribution in [2.24, 2.45) is 0 Å². The number of aryl methyl sites for hydroxylation is 1. The molecular weight excluding hydrogens is 289 g/mol. The molecule has 0 atom stereocenters. The molecule has 1 aromatic carbocycles. The highest BCUT2D eigenvalue weighted by Gasteiger charge is 2.04. The third-order valence-corrected chi connectivity index (χ3v) is 2.51. The van der Waals surface area contributed by atoms with Crippen LogP contribution in [0.25, 0.3) is 11.3 Å². The van der Waals surface area contributed by atoms with Crippen LogP contribution >= 0.6 is 22.6 Å². The van der Waals surface area contributed by atoms with Crippen molar-refractivity contribution < 1.29 is 4.52 Å². The molecule has 72 valence electrons. The van der Waals surface area contributed by atoms with Crippen LogP contribution in [0.1, 0.15) is 5.76 Å². The molecule has 0 aliphatic heterocycles. The van der Waals surface area contributed by atoms with E-state index in [-0.39, 0.29) is 0 Å². The molecule has 0 spiro atoms. The number of benzene rings is 1. The van der Waals surface area contributed by atoms with Crippen LogP contribution in [0.2, 0.25) is 0 Å². The van der Waals surface area contributed by atoms with Gasteiger partial charge >= 0.3 is 0 Å². The van der Waals surface area contributed by atoms with Gasteiger partial charge in [0, 0.05) is 22.5 Å². The molecule has 0 aliphatic carbocycles. The van der Waals surface area contributed by atoms with Gasteiger partial charge in [-0.3, -0.25) is 0 Å². The van der Waals surface area contributed by atoms with Crippen molar-refractivity contribution >= 4 is 22.6 Å². The molecule has 3 heteroatoms. The van der Waals surface area contributed by atoms with E-state index in [0.717, 1.165) is 27.9 Å². The standard InChI is InChI=1S/C11H10INO/c12-7-6-10-8-11(13-14-10)9-4-2-1-3-5-9/h1-5,8H,6-7H2. The molecule has 14 heavy (non-hydrogen) atoms. The fourth-order valence-corrected chi connectivity index (χ4v) is 1.80. The molecular formula is C11H10INO. The zero-order chi connectivity index (χ0) is 9.80. The Morgan fingerprint density at radius 3 is 2.71 bits per heavy atom. The first-order valence-corrected chi connectivity index (χ1v) is 5.99. The van der Waals surface area contributed by atoms with Gasteiger partial charge in [-0.2, -0.15) is 0 Å². The van der Waals surface area contributed by atoms with Gasteiger partial charge in [-0.25, -0.2) is 0 Å². The Morgan fingerprint density at radius 1 is 1.21 bits per heavy atom. The van der Waals surface area contributed by atoms with E-state index in [1.807, 2.05) is 36.4 Å². The largest absolute Gasteiger partial charge is 0.361 e. The molecule has 0 unspecified atom stereocenters. The molecule has 2 aromatic rings. The molecule has 0 amide bonds. The number of halogens is 1.